The van der Waals surface area contributed by atoms with Gasteiger partial charge >= 0.3 is 0 Å². The Balaban J connectivity index is 2.68. The van der Waals surface area contributed by atoms with Crippen molar-refractivity contribution in [2.75, 3.05) is 13.6 Å². The summed E-state index contributed by atoms with van der Waals surface area (Å²) in [5.41, 5.74) is 0. The molecule has 0 spiro atoms. The Bertz CT molecular complexity index is 199. The molecule has 1 fully saturated rings. The maximum atomic E-state index is 3.74. The van der Waals surface area contributed by atoms with Crippen LogP contribution in [0.5, 0.6) is 0 Å². The molecule has 2 unspecified atom stereocenters. The monoisotopic (exact) mass is 254 g/mol. The number of likely N-dealkylation sites (N-methyl/N-ethyl adjacent to an activating group) is 2. The van der Waals surface area contributed by atoms with E-state index in [1.165, 1.54) is 51.4 Å². The van der Waals surface area contributed by atoms with Crippen LogP contribution in [0, 0.1) is 0 Å². The number of hydrogen-bond donors (Lipinski definition) is 1. The highest BCUT2D eigenvalue weighted by atomic mass is 15.2. The van der Waals surface area contributed by atoms with Gasteiger partial charge in [0.15, 0.2) is 0 Å². The van der Waals surface area contributed by atoms with Crippen molar-refractivity contribution in [1.29, 1.82) is 0 Å². The van der Waals surface area contributed by atoms with Crippen molar-refractivity contribution in [1.82, 2.24) is 10.2 Å². The lowest BCUT2D eigenvalue weighted by atomic mass is 9.90. The van der Waals surface area contributed by atoms with Crippen LogP contribution in [0.15, 0.2) is 0 Å². The quantitative estimate of drug-likeness (QED) is 0.775. The minimum Gasteiger partial charge on any atom is -0.313 e. The van der Waals surface area contributed by atoms with E-state index in [0.717, 1.165) is 18.6 Å². The summed E-state index contributed by atoms with van der Waals surface area (Å²) in [5, 5.41) is 3.74. The topological polar surface area (TPSA) is 15.3 Å². The molecule has 0 radical (unpaired) electrons. The molecule has 18 heavy (non-hydrogen) atoms. The van der Waals surface area contributed by atoms with Crippen molar-refractivity contribution in [3.05, 3.63) is 0 Å². The Morgan fingerprint density at radius 2 is 1.61 bits per heavy atom. The predicted molar refractivity (Wildman–Crippen MR) is 81.1 cm³/mol. The molecule has 1 aliphatic carbocycles. The Morgan fingerprint density at radius 3 is 2.17 bits per heavy atom. The summed E-state index contributed by atoms with van der Waals surface area (Å²) in [5.74, 6) is 0. The van der Waals surface area contributed by atoms with Gasteiger partial charge in [-0.05, 0) is 39.3 Å². The lowest BCUT2D eigenvalue weighted by Gasteiger charge is -2.40. The van der Waals surface area contributed by atoms with Gasteiger partial charge in [0, 0.05) is 18.1 Å². The molecular weight excluding hydrogens is 220 g/mol. The number of nitrogens with one attached hydrogen (secondary N) is 1. The minimum atomic E-state index is 0.709. The van der Waals surface area contributed by atoms with Crippen molar-refractivity contribution in [3.8, 4) is 0 Å². The van der Waals surface area contributed by atoms with E-state index in [9.17, 15) is 0 Å². The van der Waals surface area contributed by atoms with E-state index in [2.05, 4.69) is 38.0 Å². The fraction of sp³-hybridized carbons (Fsp3) is 1.00. The molecule has 2 atom stereocenters. The van der Waals surface area contributed by atoms with Crippen molar-refractivity contribution in [2.24, 2.45) is 0 Å². The molecule has 0 aromatic carbocycles. The zero-order valence-electron chi connectivity index (χ0n) is 13.0. The van der Waals surface area contributed by atoms with Crippen LogP contribution in [0.1, 0.15) is 72.1 Å². The number of nitrogens with zero attached hydrogens (tertiary/aromatic N) is 1. The largest absolute Gasteiger partial charge is 0.313 e. The second-order valence-electron chi connectivity index (χ2n) is 5.86. The maximum absolute atomic E-state index is 3.74. The molecule has 1 saturated carbocycles. The van der Waals surface area contributed by atoms with Gasteiger partial charge < -0.3 is 5.32 Å². The Morgan fingerprint density at radius 1 is 1.00 bits per heavy atom. The SMILES string of the molecule is CCNC1CCCCCCC1N(C)C(CC)CC. The molecule has 2 heteroatoms. The van der Waals surface area contributed by atoms with E-state index < -0.39 is 0 Å². The molecule has 0 aliphatic heterocycles. The lowest BCUT2D eigenvalue weighted by molar-refractivity contribution is 0.112. The molecule has 0 amide bonds. The van der Waals surface area contributed by atoms with Gasteiger partial charge in [0.1, 0.15) is 0 Å². The van der Waals surface area contributed by atoms with E-state index in [-0.39, 0.29) is 0 Å². The second-order valence-corrected chi connectivity index (χ2v) is 5.86. The minimum absolute atomic E-state index is 0.709. The molecule has 1 rings (SSSR count). The predicted octanol–water partition coefficient (Wildman–Crippen LogP) is 3.81. The van der Waals surface area contributed by atoms with Crippen LogP contribution in [0.2, 0.25) is 0 Å². The van der Waals surface area contributed by atoms with Crippen LogP contribution >= 0.6 is 0 Å². The molecule has 0 saturated heterocycles. The number of rotatable bonds is 6. The van der Waals surface area contributed by atoms with Gasteiger partial charge in [-0.3, -0.25) is 4.90 Å². The number of hydrogen-bond acceptors (Lipinski definition) is 2. The van der Waals surface area contributed by atoms with E-state index >= 15 is 0 Å². The van der Waals surface area contributed by atoms with E-state index in [1.54, 1.807) is 0 Å². The summed E-state index contributed by atoms with van der Waals surface area (Å²) in [4.78, 5) is 2.68. The first kappa shape index (κ1) is 16.0. The first-order valence-corrected chi connectivity index (χ1v) is 8.19. The van der Waals surface area contributed by atoms with Crippen molar-refractivity contribution in [3.63, 3.8) is 0 Å². The van der Waals surface area contributed by atoms with Crippen LogP contribution in [0.25, 0.3) is 0 Å². The lowest BCUT2D eigenvalue weighted by Crippen LogP contribution is -2.52. The third kappa shape index (κ3) is 4.55. The molecule has 0 heterocycles. The second kappa shape index (κ2) is 8.92. The maximum Gasteiger partial charge on any atom is 0.0249 e. The van der Waals surface area contributed by atoms with Crippen LogP contribution in [-0.4, -0.2) is 36.6 Å². The average Bonchev–Trinajstić information content (AvgIpc) is 2.34. The third-order valence-corrected chi connectivity index (χ3v) is 4.74. The van der Waals surface area contributed by atoms with Gasteiger partial charge in [0.05, 0.1) is 0 Å². The molecule has 1 N–H and O–H groups in total. The van der Waals surface area contributed by atoms with Crippen molar-refractivity contribution < 1.29 is 0 Å². The van der Waals surface area contributed by atoms with Gasteiger partial charge in [-0.25, -0.2) is 0 Å². The summed E-state index contributed by atoms with van der Waals surface area (Å²) < 4.78 is 0. The summed E-state index contributed by atoms with van der Waals surface area (Å²) in [6, 6.07) is 2.21. The molecule has 1 aliphatic rings. The zero-order chi connectivity index (χ0) is 13.4. The standard InChI is InChI=1S/C16H34N2/c1-5-14(6-2)18(4)16-13-11-9-8-10-12-15(16)17-7-3/h14-17H,5-13H2,1-4H3. The van der Waals surface area contributed by atoms with Crippen molar-refractivity contribution >= 4 is 0 Å². The molecular formula is C16H34N2. The first-order valence-electron chi connectivity index (χ1n) is 8.19. The molecule has 0 bridgehead atoms. The van der Waals surface area contributed by atoms with E-state index in [1.807, 2.05) is 0 Å². The van der Waals surface area contributed by atoms with E-state index in [0.29, 0.717) is 6.04 Å². The van der Waals surface area contributed by atoms with Crippen LogP contribution < -0.4 is 5.32 Å². The highest BCUT2D eigenvalue weighted by molar-refractivity contribution is 4.87. The summed E-state index contributed by atoms with van der Waals surface area (Å²) in [6.07, 6.45) is 11.0. The van der Waals surface area contributed by atoms with Gasteiger partial charge in [-0.15, -0.1) is 0 Å². The zero-order valence-corrected chi connectivity index (χ0v) is 13.0. The Kier molecular flexibility index (Phi) is 7.92. The average molecular weight is 254 g/mol. The summed E-state index contributed by atoms with van der Waals surface area (Å²) in [7, 11) is 2.36. The first-order chi connectivity index (χ1) is 8.74. The summed E-state index contributed by atoms with van der Waals surface area (Å²) in [6.45, 7) is 8.01. The molecule has 2 nitrogen and oxygen atoms in total. The molecule has 0 aromatic rings. The molecule has 0 aromatic heterocycles. The third-order valence-electron chi connectivity index (χ3n) is 4.74. The van der Waals surface area contributed by atoms with Gasteiger partial charge in [0.2, 0.25) is 0 Å². The van der Waals surface area contributed by atoms with E-state index in [4.69, 9.17) is 0 Å². The normalized spacial score (nSPS) is 26.3. The highest BCUT2D eigenvalue weighted by Crippen LogP contribution is 2.24. The van der Waals surface area contributed by atoms with Crippen LogP contribution in [-0.2, 0) is 0 Å². The summed E-state index contributed by atoms with van der Waals surface area (Å²) >= 11 is 0. The van der Waals surface area contributed by atoms with Crippen molar-refractivity contribution in [2.45, 2.75) is 90.3 Å². The van der Waals surface area contributed by atoms with Gasteiger partial charge in [0.25, 0.3) is 0 Å². The van der Waals surface area contributed by atoms with Crippen LogP contribution in [0.3, 0.4) is 0 Å². The van der Waals surface area contributed by atoms with Gasteiger partial charge in [-0.2, -0.15) is 0 Å². The Hall–Kier alpha value is -0.0800. The highest BCUT2D eigenvalue weighted by Gasteiger charge is 2.28. The molecule has 108 valence electrons. The fourth-order valence-electron chi connectivity index (χ4n) is 3.59. The smallest absolute Gasteiger partial charge is 0.0249 e. The fourth-order valence-corrected chi connectivity index (χ4v) is 3.59. The van der Waals surface area contributed by atoms with Crippen LogP contribution in [0.4, 0.5) is 0 Å². The Labute approximate surface area is 115 Å². The van der Waals surface area contributed by atoms with Gasteiger partial charge in [-0.1, -0.05) is 46.5 Å².